The van der Waals surface area contributed by atoms with Gasteiger partial charge in [0.1, 0.15) is 11.6 Å². The number of nitrogens with two attached hydrogens (primary N) is 1. The van der Waals surface area contributed by atoms with Crippen LogP contribution in [0.25, 0.3) is 39.1 Å². The van der Waals surface area contributed by atoms with Crippen LogP contribution in [0, 0.1) is 5.82 Å². The smallest absolute Gasteiger partial charge is 0.192 e. The number of benzene rings is 2. The third-order valence-electron chi connectivity index (χ3n) is 7.54. The summed E-state index contributed by atoms with van der Waals surface area (Å²) in [6.45, 7) is 11.9. The minimum Gasteiger partial charge on any atom is -0.413 e. The molecule has 0 bridgehead atoms. The van der Waals surface area contributed by atoms with Gasteiger partial charge in [0.05, 0.1) is 23.5 Å². The van der Waals surface area contributed by atoms with Crippen molar-refractivity contribution in [2.75, 3.05) is 5.73 Å². The minimum absolute atomic E-state index is 0.159. The van der Waals surface area contributed by atoms with Crippen LogP contribution in [0.15, 0.2) is 85.2 Å². The predicted molar refractivity (Wildman–Crippen MR) is 156 cm³/mol. The molecule has 0 spiro atoms. The first-order chi connectivity index (χ1) is 18.0. The summed E-state index contributed by atoms with van der Waals surface area (Å²) < 4.78 is 22.1. The molecule has 0 saturated carbocycles. The molecule has 7 heteroatoms. The molecule has 5 nitrogen and oxygen atoms in total. The van der Waals surface area contributed by atoms with E-state index in [0.29, 0.717) is 12.4 Å². The number of pyridine rings is 2. The molecule has 0 aliphatic heterocycles. The van der Waals surface area contributed by atoms with Crippen molar-refractivity contribution in [2.24, 2.45) is 0 Å². The molecule has 0 amide bonds. The second-order valence-corrected chi connectivity index (χ2v) is 16.0. The Morgan fingerprint density at radius 1 is 0.947 bits per heavy atom. The monoisotopic (exact) mass is 524 g/mol. The van der Waals surface area contributed by atoms with Crippen LogP contribution in [0.1, 0.15) is 26.3 Å². The molecular weight excluding hydrogens is 491 g/mol. The molecule has 0 aliphatic rings. The van der Waals surface area contributed by atoms with E-state index >= 15 is 0 Å². The summed E-state index contributed by atoms with van der Waals surface area (Å²) in [6, 6.07) is 22.8. The molecule has 5 aromatic rings. The third kappa shape index (κ3) is 4.99. The summed E-state index contributed by atoms with van der Waals surface area (Å²) in [4.78, 5) is 8.97. The zero-order chi connectivity index (χ0) is 27.1. The number of aromatic nitrogens is 3. The lowest BCUT2D eigenvalue weighted by molar-refractivity contribution is 0.276. The van der Waals surface area contributed by atoms with Gasteiger partial charge in [-0.1, -0.05) is 32.9 Å². The maximum absolute atomic E-state index is 13.5. The zero-order valence-corrected chi connectivity index (χ0v) is 23.5. The van der Waals surface area contributed by atoms with Gasteiger partial charge in [-0.2, -0.15) is 0 Å². The molecule has 5 rings (SSSR count). The van der Waals surface area contributed by atoms with Crippen LogP contribution in [0.4, 0.5) is 10.2 Å². The van der Waals surface area contributed by atoms with Crippen molar-refractivity contribution in [1.29, 1.82) is 0 Å². The van der Waals surface area contributed by atoms with Gasteiger partial charge in [0.15, 0.2) is 8.32 Å². The first kappa shape index (κ1) is 25.8. The fourth-order valence-electron chi connectivity index (χ4n) is 4.21. The third-order valence-corrected chi connectivity index (χ3v) is 12.0. The Morgan fingerprint density at radius 2 is 1.66 bits per heavy atom. The van der Waals surface area contributed by atoms with Gasteiger partial charge >= 0.3 is 0 Å². The van der Waals surface area contributed by atoms with Gasteiger partial charge < -0.3 is 14.7 Å². The molecule has 3 aromatic heterocycles. The summed E-state index contributed by atoms with van der Waals surface area (Å²) in [7, 11) is -1.85. The van der Waals surface area contributed by atoms with Crippen molar-refractivity contribution in [1.82, 2.24) is 14.5 Å². The van der Waals surface area contributed by atoms with Gasteiger partial charge in [-0.3, -0.25) is 4.98 Å². The van der Waals surface area contributed by atoms with Crippen LogP contribution in [-0.2, 0) is 11.0 Å². The Balaban J connectivity index is 1.59. The highest BCUT2D eigenvalue weighted by Crippen LogP contribution is 2.38. The molecule has 0 aliphatic carbocycles. The van der Waals surface area contributed by atoms with E-state index in [1.165, 1.54) is 12.1 Å². The predicted octanol–water partition coefficient (Wildman–Crippen LogP) is 8.00. The second kappa shape index (κ2) is 9.81. The molecule has 0 saturated heterocycles. The van der Waals surface area contributed by atoms with Crippen LogP contribution < -0.4 is 5.73 Å². The first-order valence-electron chi connectivity index (χ1n) is 12.7. The second-order valence-electron chi connectivity index (χ2n) is 11.2. The molecule has 2 N–H and O–H groups in total. The molecule has 2 aromatic carbocycles. The van der Waals surface area contributed by atoms with Crippen molar-refractivity contribution in [3.8, 4) is 28.2 Å². The normalized spacial score (nSPS) is 12.3. The maximum atomic E-state index is 13.5. The van der Waals surface area contributed by atoms with E-state index in [2.05, 4.69) is 78.7 Å². The largest absolute Gasteiger partial charge is 0.413 e. The van der Waals surface area contributed by atoms with Gasteiger partial charge in [-0.15, -0.1) is 0 Å². The number of rotatable bonds is 6. The van der Waals surface area contributed by atoms with Crippen molar-refractivity contribution >= 4 is 25.0 Å². The molecule has 0 unspecified atom stereocenters. The average molecular weight is 525 g/mol. The number of halogens is 1. The Bertz CT molecular complexity index is 1590. The highest BCUT2D eigenvalue weighted by Gasteiger charge is 2.37. The number of hydrogen-bond donors (Lipinski definition) is 1. The number of anilines is 1. The van der Waals surface area contributed by atoms with Gasteiger partial charge in [-0.25, -0.2) is 9.37 Å². The van der Waals surface area contributed by atoms with E-state index in [1.807, 2.05) is 24.4 Å². The van der Waals surface area contributed by atoms with Crippen LogP contribution in [0.2, 0.25) is 18.1 Å². The average Bonchev–Trinajstić information content (AvgIpc) is 3.26. The van der Waals surface area contributed by atoms with Gasteiger partial charge in [0.25, 0.3) is 0 Å². The van der Waals surface area contributed by atoms with E-state index in [4.69, 9.17) is 10.2 Å². The summed E-state index contributed by atoms with van der Waals surface area (Å²) in [6.07, 6.45) is 3.54. The molecule has 3 heterocycles. The maximum Gasteiger partial charge on any atom is 0.192 e. The minimum atomic E-state index is -1.85. The van der Waals surface area contributed by atoms with Crippen molar-refractivity contribution in [3.63, 3.8) is 0 Å². The highest BCUT2D eigenvalue weighted by atomic mass is 28.4. The Hall–Kier alpha value is -3.81. The Kier molecular flexibility index (Phi) is 6.67. The van der Waals surface area contributed by atoms with Crippen molar-refractivity contribution in [3.05, 3.63) is 96.6 Å². The van der Waals surface area contributed by atoms with Crippen LogP contribution in [-0.4, -0.2) is 22.9 Å². The zero-order valence-electron chi connectivity index (χ0n) is 22.5. The molecule has 38 heavy (non-hydrogen) atoms. The van der Waals surface area contributed by atoms with E-state index in [1.54, 1.807) is 18.3 Å². The quantitative estimate of drug-likeness (QED) is 0.229. The molecule has 194 valence electrons. The van der Waals surface area contributed by atoms with Crippen LogP contribution in [0.5, 0.6) is 0 Å². The highest BCUT2D eigenvalue weighted by molar-refractivity contribution is 6.74. The number of fused-ring (bicyclic) bond motifs is 1. The molecular formula is C31H33FN4OSi. The molecule has 0 radical (unpaired) electrons. The van der Waals surface area contributed by atoms with E-state index < -0.39 is 8.32 Å². The van der Waals surface area contributed by atoms with Crippen molar-refractivity contribution < 1.29 is 8.82 Å². The van der Waals surface area contributed by atoms with Gasteiger partial charge in [0.2, 0.25) is 0 Å². The van der Waals surface area contributed by atoms with E-state index in [-0.39, 0.29) is 10.9 Å². The SMILES string of the molecule is CC(C)(C)[Si](C)(C)OCc1ccc(-n2c(-c3cccnc3N)cc3cnc(-c4ccc(F)cc4)cc32)cc1. The molecule has 0 fully saturated rings. The number of nitrogens with zero attached hydrogens (tertiary/aromatic N) is 3. The number of nitrogen functional groups attached to an aromatic ring is 1. The lowest BCUT2D eigenvalue weighted by Gasteiger charge is -2.36. The fraction of sp³-hybridized carbons (Fsp3) is 0.226. The lowest BCUT2D eigenvalue weighted by atomic mass is 10.1. The van der Waals surface area contributed by atoms with Gasteiger partial charge in [0, 0.05) is 34.6 Å². The Morgan fingerprint density at radius 3 is 2.32 bits per heavy atom. The lowest BCUT2D eigenvalue weighted by Crippen LogP contribution is -2.40. The standard InChI is InChI=1S/C31H33FN4OSi/c1-31(2,3)38(4,5)37-20-21-8-14-25(15-9-21)36-28-18-27(22-10-12-24(32)13-11-22)35-19-23(28)17-29(36)26-7-6-16-34-30(26)33/h6-19H,20H2,1-5H3,(H2,33,34). The van der Waals surface area contributed by atoms with Crippen LogP contribution in [0.3, 0.4) is 0 Å². The fourth-order valence-corrected chi connectivity index (χ4v) is 5.17. The summed E-state index contributed by atoms with van der Waals surface area (Å²) >= 11 is 0. The van der Waals surface area contributed by atoms with E-state index in [0.717, 1.165) is 44.7 Å². The summed E-state index contributed by atoms with van der Waals surface area (Å²) in [5, 5.41) is 1.13. The molecule has 0 atom stereocenters. The number of hydrogen-bond acceptors (Lipinski definition) is 4. The van der Waals surface area contributed by atoms with Gasteiger partial charge in [-0.05, 0) is 84.4 Å². The van der Waals surface area contributed by atoms with Crippen LogP contribution >= 0.6 is 0 Å². The summed E-state index contributed by atoms with van der Waals surface area (Å²) in [5.41, 5.74) is 12.8. The summed E-state index contributed by atoms with van der Waals surface area (Å²) in [5.74, 6) is 0.188. The van der Waals surface area contributed by atoms with Crippen molar-refractivity contribution in [2.45, 2.75) is 45.5 Å². The first-order valence-corrected chi connectivity index (χ1v) is 15.7. The van der Waals surface area contributed by atoms with E-state index in [9.17, 15) is 4.39 Å². The Labute approximate surface area is 224 Å². The topological polar surface area (TPSA) is 66.0 Å².